The molecule has 292 valence electrons. The Morgan fingerprint density at radius 2 is 0.873 bits per heavy atom. The van der Waals surface area contributed by atoms with Gasteiger partial charge in [-0.1, -0.05) is 189 Å². The molecule has 0 N–H and O–H groups in total. The Kier molecular flexibility index (Phi) is 7.77. The number of fused-ring (bicyclic) bond motifs is 9. The fraction of sp³-hybridized carbons (Fsp3) is 0.0323. The maximum atomic E-state index is 3.35. The summed E-state index contributed by atoms with van der Waals surface area (Å²) in [6.07, 6.45) is 0. The van der Waals surface area contributed by atoms with E-state index in [4.69, 9.17) is 0 Å². The lowest BCUT2D eigenvalue weighted by molar-refractivity contribution is 1.66. The summed E-state index contributed by atoms with van der Waals surface area (Å²) < 4.78 is 0. The van der Waals surface area contributed by atoms with Crippen LogP contribution in [0.4, 0.5) is 0 Å². The van der Waals surface area contributed by atoms with Crippen molar-refractivity contribution in [1.29, 1.82) is 0 Å². The van der Waals surface area contributed by atoms with E-state index >= 15 is 0 Å². The van der Waals surface area contributed by atoms with E-state index in [0.29, 0.717) is 0 Å². The number of hydrogen-bond donors (Lipinski definition) is 0. The predicted molar refractivity (Wildman–Crippen MR) is 273 cm³/mol. The topological polar surface area (TPSA) is 0 Å². The summed E-state index contributed by atoms with van der Waals surface area (Å²) >= 11 is 0. The van der Waals surface area contributed by atoms with Crippen molar-refractivity contribution in [2.24, 2.45) is 0 Å². The minimum absolute atomic E-state index is 1.07. The van der Waals surface area contributed by atoms with Crippen molar-refractivity contribution in [2.75, 3.05) is 0 Å². The summed E-state index contributed by atoms with van der Waals surface area (Å²) in [5.41, 5.74) is 12.8. The van der Waals surface area contributed by atoms with E-state index in [1.807, 2.05) is 6.07 Å². The highest BCUT2D eigenvalue weighted by atomic mass is 28.3. The number of rotatable bonds is 4. The summed E-state index contributed by atoms with van der Waals surface area (Å²) in [6.45, 7) is 5.12. The van der Waals surface area contributed by atoms with Gasteiger partial charge in [0.2, 0.25) is 0 Å². The van der Waals surface area contributed by atoms with Gasteiger partial charge in [-0.05, 0) is 168 Å². The largest absolute Gasteiger partial charge is 0.113 e. The molecule has 0 saturated carbocycles. The second-order valence-electron chi connectivity index (χ2n) is 17.9. The van der Waals surface area contributed by atoms with E-state index in [-0.39, 0.29) is 0 Å². The standard InChI is InChI=1S/C62H40Si/c1-63(2)59-36-46(52-24-12-20-42-16-8-10-22-50(42)52)29-31-53(59)55-37-57-58(38-60(55)63)62(48-28-26-40-14-4-6-18-44(40)34-48)56-35-45(51-23-11-19-41-15-7-9-21-49(41)51)30-32-54(56)61(57)47-27-25-39-13-3-5-17-43(39)33-47/h4-12,14-38H,1-2H3. The third-order valence-electron chi connectivity index (χ3n) is 14.0. The Morgan fingerprint density at radius 1 is 0.317 bits per heavy atom. The van der Waals surface area contributed by atoms with E-state index in [9.17, 15) is 0 Å². The fourth-order valence-electron chi connectivity index (χ4n) is 10.9. The molecule has 1 heterocycles. The zero-order chi connectivity index (χ0) is 41.8. The lowest BCUT2D eigenvalue weighted by Crippen LogP contribution is -2.49. The van der Waals surface area contributed by atoms with Crippen LogP contribution in [0.2, 0.25) is 13.1 Å². The molecule has 1 heteroatoms. The number of benzene rings is 11. The summed E-state index contributed by atoms with van der Waals surface area (Å²) in [4.78, 5) is 0. The zero-order valence-corrected chi connectivity index (χ0v) is 36.1. The van der Waals surface area contributed by atoms with Gasteiger partial charge < -0.3 is 0 Å². The maximum Gasteiger partial charge on any atom is 0.113 e. The summed E-state index contributed by atoms with van der Waals surface area (Å²) in [6, 6.07) is 84.0. The van der Waals surface area contributed by atoms with Gasteiger partial charge in [0.25, 0.3) is 0 Å². The lowest BCUT2D eigenvalue weighted by Gasteiger charge is -2.23. The molecule has 0 spiro atoms. The molecule has 1 aliphatic heterocycles. The van der Waals surface area contributed by atoms with E-state index in [1.165, 1.54) is 125 Å². The molecule has 0 aromatic heterocycles. The van der Waals surface area contributed by atoms with Gasteiger partial charge in [-0.3, -0.25) is 0 Å². The van der Waals surface area contributed by atoms with Gasteiger partial charge in [0.1, 0.15) is 8.07 Å². The normalized spacial score (nSPS) is 12.9. The lowest BCUT2D eigenvalue weighted by atomic mass is 9.83. The molecule has 0 amide bonds. The Morgan fingerprint density at radius 3 is 1.63 bits per heavy atom. The van der Waals surface area contributed by atoms with Crippen LogP contribution in [-0.2, 0) is 0 Å². The molecule has 0 radical (unpaired) electrons. The van der Waals surface area contributed by atoms with E-state index in [1.54, 1.807) is 0 Å². The molecule has 63 heavy (non-hydrogen) atoms. The quantitative estimate of drug-likeness (QED) is 0.123. The van der Waals surface area contributed by atoms with Gasteiger partial charge in [0, 0.05) is 5.39 Å². The zero-order valence-electron chi connectivity index (χ0n) is 35.1. The molecule has 0 saturated heterocycles. The van der Waals surface area contributed by atoms with Gasteiger partial charge in [-0.2, -0.15) is 0 Å². The molecule has 0 aliphatic carbocycles. The van der Waals surface area contributed by atoms with E-state index in [0.717, 1.165) is 5.39 Å². The maximum absolute atomic E-state index is 3.35. The van der Waals surface area contributed by atoms with Crippen LogP contribution >= 0.6 is 0 Å². The van der Waals surface area contributed by atoms with Crippen LogP contribution in [0.25, 0.3) is 120 Å². The van der Waals surface area contributed by atoms with Crippen molar-refractivity contribution in [1.82, 2.24) is 0 Å². The molecule has 0 atom stereocenters. The predicted octanol–water partition coefficient (Wildman–Crippen LogP) is 15.7. The monoisotopic (exact) mass is 812 g/mol. The summed E-state index contributed by atoms with van der Waals surface area (Å²) in [5, 5.41) is 17.9. The number of hydrogen-bond acceptors (Lipinski definition) is 0. The van der Waals surface area contributed by atoms with Crippen LogP contribution in [0.3, 0.4) is 0 Å². The molecule has 13 rings (SSSR count). The molecule has 1 aliphatic rings. The van der Waals surface area contributed by atoms with Crippen molar-refractivity contribution < 1.29 is 0 Å². The van der Waals surface area contributed by atoms with Crippen molar-refractivity contribution in [3.63, 3.8) is 0 Å². The van der Waals surface area contributed by atoms with Crippen molar-refractivity contribution in [3.8, 4) is 55.6 Å². The minimum Gasteiger partial charge on any atom is -0.0696 e. The highest BCUT2D eigenvalue weighted by Gasteiger charge is 2.38. The second-order valence-corrected chi connectivity index (χ2v) is 22.2. The SMILES string of the molecule is C[Si]1(C)c2cc(-c3cccc4ccccc34)ccc2-c2cc3c(-c4ccc5c#cccc5c4)c4ccc(-c5cccc6ccccc56)cc4c(-c4ccc5ccccc5c4)c3cc21. The Hall–Kier alpha value is -7.76. The average molecular weight is 813 g/mol. The van der Waals surface area contributed by atoms with Crippen LogP contribution < -0.4 is 10.4 Å². The molecular formula is C62H40Si. The first-order valence-corrected chi connectivity index (χ1v) is 25.0. The molecule has 0 fully saturated rings. The van der Waals surface area contributed by atoms with Crippen molar-refractivity contribution >= 4 is 83.1 Å². The minimum atomic E-state index is -2.20. The van der Waals surface area contributed by atoms with E-state index < -0.39 is 8.07 Å². The first kappa shape index (κ1) is 35.9. The van der Waals surface area contributed by atoms with Gasteiger partial charge in [0.05, 0.1) is 0 Å². The third-order valence-corrected chi connectivity index (χ3v) is 17.6. The van der Waals surface area contributed by atoms with Gasteiger partial charge in [0.15, 0.2) is 0 Å². The molecule has 12 aromatic carbocycles. The molecule has 0 unspecified atom stereocenters. The van der Waals surface area contributed by atoms with Crippen molar-refractivity contribution in [2.45, 2.75) is 13.1 Å². The van der Waals surface area contributed by atoms with E-state index in [2.05, 4.69) is 225 Å². The second kappa shape index (κ2) is 13.6. The van der Waals surface area contributed by atoms with Crippen LogP contribution in [0.1, 0.15) is 0 Å². The van der Waals surface area contributed by atoms with Crippen molar-refractivity contribution in [3.05, 3.63) is 218 Å². The third kappa shape index (κ3) is 5.49. The highest BCUT2D eigenvalue weighted by Crippen LogP contribution is 2.48. The van der Waals surface area contributed by atoms with Gasteiger partial charge in [-0.15, -0.1) is 0 Å². The molecule has 0 nitrogen and oxygen atoms in total. The van der Waals surface area contributed by atoms with Crippen LogP contribution in [0, 0.1) is 12.1 Å². The Balaban J connectivity index is 1.15. The van der Waals surface area contributed by atoms with Crippen LogP contribution in [0.5, 0.6) is 0 Å². The Labute approximate surface area is 368 Å². The van der Waals surface area contributed by atoms with Gasteiger partial charge in [-0.25, -0.2) is 0 Å². The highest BCUT2D eigenvalue weighted by molar-refractivity contribution is 7.04. The summed E-state index contributed by atoms with van der Waals surface area (Å²) in [5.74, 6) is 0. The summed E-state index contributed by atoms with van der Waals surface area (Å²) in [7, 11) is -2.20. The average Bonchev–Trinajstić information content (AvgIpc) is 3.55. The van der Waals surface area contributed by atoms with Crippen LogP contribution in [0.15, 0.2) is 206 Å². The molecule has 12 aromatic rings. The van der Waals surface area contributed by atoms with Crippen LogP contribution in [-0.4, -0.2) is 8.07 Å². The Bertz CT molecular complexity index is 3880. The smallest absolute Gasteiger partial charge is 0.0696 e. The van der Waals surface area contributed by atoms with Gasteiger partial charge >= 0.3 is 0 Å². The molecule has 0 bridgehead atoms. The fourth-order valence-corrected chi connectivity index (χ4v) is 14.0. The first-order valence-electron chi connectivity index (χ1n) is 22.0. The molecular weight excluding hydrogens is 773 g/mol. The first-order chi connectivity index (χ1) is 31.0.